The third-order valence-corrected chi connectivity index (χ3v) is 9.03. The normalized spacial score (nSPS) is 21.0. The number of hydrogen-bond acceptors (Lipinski definition) is 0. The summed E-state index contributed by atoms with van der Waals surface area (Å²) in [5.74, 6) is 1.61. The molecule has 4 aromatic rings. The molecule has 0 heterocycles. The number of aryl methyl sites for hydroxylation is 1. The lowest BCUT2D eigenvalue weighted by Gasteiger charge is -2.42. The van der Waals surface area contributed by atoms with Crippen molar-refractivity contribution in [2.75, 3.05) is 0 Å². The van der Waals surface area contributed by atoms with Gasteiger partial charge in [-0.3, -0.25) is 0 Å². The summed E-state index contributed by atoms with van der Waals surface area (Å²) in [7, 11) is 0. The molecular weight excluding hydrogens is 432 g/mol. The van der Waals surface area contributed by atoms with E-state index < -0.39 is 0 Å². The Hall–Kier alpha value is -3.12. The minimum absolute atomic E-state index is 0.454. The summed E-state index contributed by atoms with van der Waals surface area (Å²) in [5.41, 5.74) is 14.1. The standard InChI is InChI=1S/C36H38/c1-3-29-33(25-15-7-5-8-16-25)23-27-19-11-13-21-31(27)35(29)36-30(4-2)34(26-17-9-6-10-18-26)24-28-20-12-14-22-32(28)36/h5-11,13,15-19,21,24,29,33,35H,3-4,12,14,20,22-23H2,1-2H3/t29-,33?,35?/m0/s1. The Balaban J connectivity index is 1.64. The Labute approximate surface area is 217 Å². The van der Waals surface area contributed by atoms with Crippen LogP contribution in [0, 0.1) is 5.92 Å². The third-order valence-electron chi connectivity index (χ3n) is 9.03. The second kappa shape index (κ2) is 10.1. The van der Waals surface area contributed by atoms with E-state index in [1.165, 1.54) is 48.8 Å². The predicted molar refractivity (Wildman–Crippen MR) is 153 cm³/mol. The molecule has 3 atom stereocenters. The van der Waals surface area contributed by atoms with Gasteiger partial charge in [-0.1, -0.05) is 111 Å². The van der Waals surface area contributed by atoms with E-state index in [1.807, 2.05) is 0 Å². The summed E-state index contributed by atoms with van der Waals surface area (Å²) in [6.07, 6.45) is 8.52. The van der Waals surface area contributed by atoms with Crippen LogP contribution in [-0.4, -0.2) is 0 Å². The van der Waals surface area contributed by atoms with Crippen LogP contribution in [0.1, 0.15) is 83.9 Å². The molecule has 0 heteroatoms. The van der Waals surface area contributed by atoms with Gasteiger partial charge in [0.05, 0.1) is 0 Å². The van der Waals surface area contributed by atoms with E-state index in [0.717, 1.165) is 12.8 Å². The molecule has 0 aromatic heterocycles. The first-order valence-electron chi connectivity index (χ1n) is 14.2. The van der Waals surface area contributed by atoms with Crippen molar-refractivity contribution in [3.05, 3.63) is 130 Å². The van der Waals surface area contributed by atoms with E-state index in [2.05, 4.69) is 105 Å². The van der Waals surface area contributed by atoms with Gasteiger partial charge in [-0.05, 0) is 100 Å². The van der Waals surface area contributed by atoms with Crippen molar-refractivity contribution >= 4 is 0 Å². The lowest BCUT2D eigenvalue weighted by molar-refractivity contribution is 0.341. The highest BCUT2D eigenvalue weighted by atomic mass is 14.4. The van der Waals surface area contributed by atoms with E-state index in [-0.39, 0.29) is 0 Å². The Morgan fingerprint density at radius 2 is 1.42 bits per heavy atom. The molecule has 2 aliphatic carbocycles. The maximum Gasteiger partial charge on any atom is 0.0132 e. The molecule has 0 saturated carbocycles. The lowest BCUT2D eigenvalue weighted by Crippen LogP contribution is -2.31. The smallest absolute Gasteiger partial charge is 0.0132 e. The molecule has 2 unspecified atom stereocenters. The van der Waals surface area contributed by atoms with Gasteiger partial charge < -0.3 is 0 Å². The SMILES string of the molecule is CCc1c(-c2ccccc2)cc2c(c1C1c3ccccc3CC(c3ccccc3)[C@@H]1CC)CCCC2. The molecule has 4 aromatic carbocycles. The second-order valence-corrected chi connectivity index (χ2v) is 10.9. The highest BCUT2D eigenvalue weighted by Gasteiger charge is 2.40. The van der Waals surface area contributed by atoms with Crippen molar-refractivity contribution in [1.29, 1.82) is 0 Å². The average Bonchev–Trinajstić information content (AvgIpc) is 2.96. The Morgan fingerprint density at radius 3 is 2.17 bits per heavy atom. The zero-order valence-electron chi connectivity index (χ0n) is 21.8. The molecule has 0 bridgehead atoms. The average molecular weight is 471 g/mol. The van der Waals surface area contributed by atoms with E-state index in [9.17, 15) is 0 Å². The van der Waals surface area contributed by atoms with E-state index in [1.54, 1.807) is 33.4 Å². The molecule has 0 radical (unpaired) electrons. The maximum absolute atomic E-state index is 2.57. The van der Waals surface area contributed by atoms with Crippen LogP contribution >= 0.6 is 0 Å². The quantitative estimate of drug-likeness (QED) is 0.272. The van der Waals surface area contributed by atoms with Crippen LogP contribution in [0.15, 0.2) is 91.0 Å². The topological polar surface area (TPSA) is 0 Å². The van der Waals surface area contributed by atoms with Crippen LogP contribution in [0.5, 0.6) is 0 Å². The zero-order chi connectivity index (χ0) is 24.5. The summed E-state index contributed by atoms with van der Waals surface area (Å²) in [6, 6.07) is 34.5. The monoisotopic (exact) mass is 470 g/mol. The van der Waals surface area contributed by atoms with Crippen LogP contribution in [0.25, 0.3) is 11.1 Å². The van der Waals surface area contributed by atoms with Crippen molar-refractivity contribution in [2.45, 2.75) is 70.6 Å². The van der Waals surface area contributed by atoms with Crippen molar-refractivity contribution in [1.82, 2.24) is 0 Å². The molecular formula is C36H38. The van der Waals surface area contributed by atoms with Gasteiger partial charge in [-0.15, -0.1) is 0 Å². The molecule has 0 amide bonds. The number of fused-ring (bicyclic) bond motifs is 2. The molecule has 0 fully saturated rings. The first-order chi connectivity index (χ1) is 17.8. The molecule has 0 nitrogen and oxygen atoms in total. The minimum atomic E-state index is 0.454. The number of rotatable bonds is 5. The number of benzene rings is 4. The van der Waals surface area contributed by atoms with Crippen molar-refractivity contribution < 1.29 is 0 Å². The van der Waals surface area contributed by atoms with Crippen molar-refractivity contribution in [3.8, 4) is 11.1 Å². The summed E-state index contributed by atoms with van der Waals surface area (Å²) >= 11 is 0. The first kappa shape index (κ1) is 23.3. The highest BCUT2D eigenvalue weighted by Crippen LogP contribution is 2.52. The second-order valence-electron chi connectivity index (χ2n) is 10.9. The summed E-state index contributed by atoms with van der Waals surface area (Å²) in [4.78, 5) is 0. The molecule has 0 spiro atoms. The van der Waals surface area contributed by atoms with Gasteiger partial charge in [0.1, 0.15) is 0 Å². The van der Waals surface area contributed by atoms with Crippen LogP contribution in [0.4, 0.5) is 0 Å². The lowest BCUT2D eigenvalue weighted by atomic mass is 9.61. The van der Waals surface area contributed by atoms with Crippen molar-refractivity contribution in [2.24, 2.45) is 5.92 Å². The van der Waals surface area contributed by atoms with Gasteiger partial charge in [0.25, 0.3) is 0 Å². The fourth-order valence-electron chi connectivity index (χ4n) is 7.45. The molecule has 36 heavy (non-hydrogen) atoms. The van der Waals surface area contributed by atoms with Crippen LogP contribution in [0.2, 0.25) is 0 Å². The molecule has 0 aliphatic heterocycles. The summed E-state index contributed by atoms with van der Waals surface area (Å²) in [5, 5.41) is 0. The maximum atomic E-state index is 2.57. The van der Waals surface area contributed by atoms with Crippen LogP contribution in [0.3, 0.4) is 0 Å². The van der Waals surface area contributed by atoms with Gasteiger partial charge >= 0.3 is 0 Å². The molecule has 0 saturated heterocycles. The van der Waals surface area contributed by atoms with Crippen LogP contribution in [-0.2, 0) is 25.7 Å². The fourth-order valence-corrected chi connectivity index (χ4v) is 7.45. The minimum Gasteiger partial charge on any atom is -0.0651 e. The van der Waals surface area contributed by atoms with Crippen LogP contribution < -0.4 is 0 Å². The van der Waals surface area contributed by atoms with Gasteiger partial charge in [0, 0.05) is 5.92 Å². The largest absolute Gasteiger partial charge is 0.0651 e. The Kier molecular flexibility index (Phi) is 6.53. The zero-order valence-corrected chi connectivity index (χ0v) is 21.8. The van der Waals surface area contributed by atoms with Gasteiger partial charge in [0.15, 0.2) is 0 Å². The van der Waals surface area contributed by atoms with E-state index in [0.29, 0.717) is 17.8 Å². The third kappa shape index (κ3) is 4.01. The Morgan fingerprint density at radius 1 is 0.722 bits per heavy atom. The number of hydrogen-bond donors (Lipinski definition) is 0. The van der Waals surface area contributed by atoms with E-state index >= 15 is 0 Å². The van der Waals surface area contributed by atoms with Gasteiger partial charge in [0.2, 0.25) is 0 Å². The van der Waals surface area contributed by atoms with Gasteiger partial charge in [-0.2, -0.15) is 0 Å². The first-order valence-corrected chi connectivity index (χ1v) is 14.2. The summed E-state index contributed by atoms with van der Waals surface area (Å²) in [6.45, 7) is 4.81. The molecule has 182 valence electrons. The van der Waals surface area contributed by atoms with E-state index in [4.69, 9.17) is 0 Å². The van der Waals surface area contributed by atoms with Gasteiger partial charge in [-0.25, -0.2) is 0 Å². The molecule has 6 rings (SSSR count). The van der Waals surface area contributed by atoms with Crippen molar-refractivity contribution in [3.63, 3.8) is 0 Å². The predicted octanol–water partition coefficient (Wildman–Crippen LogP) is 9.29. The fraction of sp³-hybridized carbons (Fsp3) is 0.333. The highest BCUT2D eigenvalue weighted by molar-refractivity contribution is 5.73. The summed E-state index contributed by atoms with van der Waals surface area (Å²) < 4.78 is 0. The molecule has 0 N–H and O–H groups in total. The Bertz CT molecular complexity index is 1330. The molecule has 2 aliphatic rings.